The number of fused-ring (bicyclic) bond motifs is 1. The molecule has 2 aromatic heterocycles. The normalized spacial score (nSPS) is 19.4. The summed E-state index contributed by atoms with van der Waals surface area (Å²) >= 11 is 0. The topological polar surface area (TPSA) is 72.3 Å². The third-order valence-corrected chi connectivity index (χ3v) is 4.71. The lowest BCUT2D eigenvalue weighted by atomic mass is 10.1. The predicted octanol–water partition coefficient (Wildman–Crippen LogP) is 2.85. The summed E-state index contributed by atoms with van der Waals surface area (Å²) in [5.74, 6) is 2.09. The van der Waals surface area contributed by atoms with Gasteiger partial charge in [0.2, 0.25) is 0 Å². The van der Waals surface area contributed by atoms with Crippen LogP contribution in [0.5, 0.6) is 5.75 Å². The van der Waals surface area contributed by atoms with E-state index >= 15 is 0 Å². The molecule has 2 aliphatic rings. The number of furan rings is 1. The molecule has 24 heavy (non-hydrogen) atoms. The third-order valence-electron chi connectivity index (χ3n) is 4.71. The quantitative estimate of drug-likeness (QED) is 0.759. The molecule has 1 saturated carbocycles. The lowest BCUT2D eigenvalue weighted by Gasteiger charge is -2.14. The van der Waals surface area contributed by atoms with Crippen LogP contribution in [0.15, 0.2) is 28.8 Å². The molecule has 3 heterocycles. The van der Waals surface area contributed by atoms with E-state index < -0.39 is 0 Å². The van der Waals surface area contributed by atoms with Crippen LogP contribution in [0.1, 0.15) is 49.8 Å². The van der Waals surface area contributed by atoms with Crippen molar-refractivity contribution < 1.29 is 14.5 Å². The summed E-state index contributed by atoms with van der Waals surface area (Å²) in [5, 5.41) is 13.6. The number of allylic oxidation sites excluding steroid dienone is 1. The molecule has 0 atom stereocenters. The van der Waals surface area contributed by atoms with E-state index in [1.807, 2.05) is 24.4 Å². The van der Waals surface area contributed by atoms with Crippen LogP contribution in [0.4, 0.5) is 11.7 Å². The summed E-state index contributed by atoms with van der Waals surface area (Å²) in [6.45, 7) is 0. The highest BCUT2D eigenvalue weighted by Gasteiger charge is 2.21. The summed E-state index contributed by atoms with van der Waals surface area (Å²) in [7, 11) is 0. The molecule has 0 saturated heterocycles. The van der Waals surface area contributed by atoms with Crippen LogP contribution < -0.4 is 10.3 Å². The molecule has 4 rings (SSSR count). The fourth-order valence-corrected chi connectivity index (χ4v) is 3.43. The number of nitrogens with zero attached hydrogens (tertiary/aromatic N) is 1. The van der Waals surface area contributed by atoms with E-state index in [1.54, 1.807) is 12.3 Å². The van der Waals surface area contributed by atoms with E-state index in [1.165, 1.54) is 25.7 Å². The zero-order chi connectivity index (χ0) is 16.4. The Bertz CT molecular complexity index is 784. The van der Waals surface area contributed by atoms with E-state index in [2.05, 4.69) is 15.3 Å². The first-order valence-corrected chi connectivity index (χ1v) is 8.66. The fraction of sp³-hybridized carbons (Fsp3) is 0.368. The third kappa shape index (κ3) is 3.07. The van der Waals surface area contributed by atoms with Gasteiger partial charge in [-0.05, 0) is 36.0 Å². The molecule has 0 aromatic carbocycles. The van der Waals surface area contributed by atoms with Gasteiger partial charge in [0.25, 0.3) is 0 Å². The zero-order valence-corrected chi connectivity index (χ0v) is 13.6. The highest BCUT2D eigenvalue weighted by Crippen LogP contribution is 2.32. The maximum absolute atomic E-state index is 10.2. The number of hydrogen-bond donors (Lipinski definition) is 3. The van der Waals surface area contributed by atoms with Crippen molar-refractivity contribution in [3.63, 3.8) is 0 Å². The first kappa shape index (κ1) is 15.0. The summed E-state index contributed by atoms with van der Waals surface area (Å²) in [5.41, 5.74) is 1.95. The van der Waals surface area contributed by atoms with Crippen molar-refractivity contribution in [2.24, 2.45) is 0 Å². The van der Waals surface area contributed by atoms with Crippen LogP contribution in [-0.2, 0) is 0 Å². The number of hydrogen-bond acceptors (Lipinski definition) is 4. The Labute approximate surface area is 141 Å². The zero-order valence-electron chi connectivity index (χ0n) is 13.6. The molecule has 0 amide bonds. The van der Waals surface area contributed by atoms with Gasteiger partial charge in [-0.25, -0.2) is 4.99 Å². The van der Waals surface area contributed by atoms with Crippen LogP contribution in [0.25, 0.3) is 11.6 Å². The van der Waals surface area contributed by atoms with Gasteiger partial charge in [0.15, 0.2) is 17.4 Å². The Morgan fingerprint density at radius 3 is 2.92 bits per heavy atom. The van der Waals surface area contributed by atoms with E-state index in [4.69, 9.17) is 4.42 Å². The van der Waals surface area contributed by atoms with Crippen molar-refractivity contribution in [2.75, 3.05) is 5.32 Å². The van der Waals surface area contributed by atoms with E-state index in [0.717, 1.165) is 29.8 Å². The van der Waals surface area contributed by atoms with E-state index in [0.29, 0.717) is 17.7 Å². The molecule has 0 spiro atoms. The number of pyridine rings is 1. The smallest absolute Gasteiger partial charge is 0.328 e. The van der Waals surface area contributed by atoms with Gasteiger partial charge in [-0.1, -0.05) is 25.7 Å². The van der Waals surface area contributed by atoms with E-state index in [-0.39, 0.29) is 5.75 Å². The lowest BCUT2D eigenvalue weighted by Crippen LogP contribution is -2.59. The largest absolute Gasteiger partial charge is 0.504 e. The minimum absolute atomic E-state index is 0.157. The second-order valence-corrected chi connectivity index (χ2v) is 6.48. The Morgan fingerprint density at radius 1 is 1.25 bits per heavy atom. The molecule has 3 N–H and O–H groups in total. The van der Waals surface area contributed by atoms with Gasteiger partial charge in [0, 0.05) is 17.7 Å². The van der Waals surface area contributed by atoms with Crippen molar-refractivity contribution >= 4 is 29.6 Å². The summed E-state index contributed by atoms with van der Waals surface area (Å²) in [6.07, 6.45) is 12.9. The molecule has 124 valence electrons. The van der Waals surface area contributed by atoms with Gasteiger partial charge in [0.1, 0.15) is 6.20 Å². The average molecular weight is 324 g/mol. The van der Waals surface area contributed by atoms with Gasteiger partial charge in [0.05, 0.1) is 11.8 Å². The maximum atomic E-state index is 10.2. The molecule has 0 unspecified atom stereocenters. The summed E-state index contributed by atoms with van der Waals surface area (Å²) in [4.78, 5) is 7.40. The maximum Gasteiger partial charge on any atom is 0.328 e. The molecular formula is C19H22N3O2+. The van der Waals surface area contributed by atoms with E-state index in [9.17, 15) is 5.11 Å². The minimum atomic E-state index is 0.157. The van der Waals surface area contributed by atoms with Crippen LogP contribution in [0, 0.1) is 0 Å². The molecule has 2 aromatic rings. The second kappa shape index (κ2) is 6.51. The predicted molar refractivity (Wildman–Crippen MR) is 94.3 cm³/mol. The minimum Gasteiger partial charge on any atom is -0.504 e. The number of nitrogens with one attached hydrogen (secondary N) is 2. The van der Waals surface area contributed by atoms with Crippen LogP contribution in [0.3, 0.4) is 0 Å². The molecular weight excluding hydrogens is 302 g/mol. The van der Waals surface area contributed by atoms with Crippen molar-refractivity contribution in [1.29, 1.82) is 0 Å². The van der Waals surface area contributed by atoms with Crippen molar-refractivity contribution in [3.05, 3.63) is 35.7 Å². The lowest BCUT2D eigenvalue weighted by molar-refractivity contribution is -0.348. The van der Waals surface area contributed by atoms with Gasteiger partial charge in [-0.3, -0.25) is 0 Å². The highest BCUT2D eigenvalue weighted by atomic mass is 16.4. The number of rotatable bonds is 3. The van der Waals surface area contributed by atoms with Crippen LogP contribution in [0.2, 0.25) is 0 Å². The Hall–Kier alpha value is -2.56. The van der Waals surface area contributed by atoms with Crippen LogP contribution in [-0.4, -0.2) is 22.3 Å². The average Bonchev–Trinajstić information content (AvgIpc) is 3.03. The monoisotopic (exact) mass is 324 g/mol. The van der Waals surface area contributed by atoms with Gasteiger partial charge >= 0.3 is 5.82 Å². The van der Waals surface area contributed by atoms with Crippen molar-refractivity contribution in [3.8, 4) is 5.75 Å². The molecule has 5 nitrogen and oxygen atoms in total. The number of aromatic hydroxyl groups is 1. The van der Waals surface area contributed by atoms with Crippen LogP contribution >= 0.6 is 0 Å². The molecule has 1 fully saturated rings. The molecule has 0 bridgehead atoms. The first-order chi connectivity index (χ1) is 11.8. The SMILES string of the molecule is Oc1cc(NC2CCCCCC2)oc1C=C1C=[NH+]c2ncccc21. The first-order valence-electron chi connectivity index (χ1n) is 8.66. The molecule has 5 heteroatoms. The summed E-state index contributed by atoms with van der Waals surface area (Å²) < 4.78 is 5.83. The second-order valence-electron chi connectivity index (χ2n) is 6.48. The van der Waals surface area contributed by atoms with Crippen molar-refractivity contribution in [2.45, 2.75) is 44.6 Å². The Morgan fingerprint density at radius 2 is 2.08 bits per heavy atom. The summed E-state index contributed by atoms with van der Waals surface area (Å²) in [6, 6.07) is 6.00. The van der Waals surface area contributed by atoms with Gasteiger partial charge < -0.3 is 14.8 Å². The Kier molecular flexibility index (Phi) is 4.07. The molecule has 0 radical (unpaired) electrons. The number of aromatic nitrogens is 1. The molecule has 1 aliphatic carbocycles. The molecule has 1 aliphatic heterocycles. The van der Waals surface area contributed by atoms with Gasteiger partial charge in [-0.15, -0.1) is 0 Å². The highest BCUT2D eigenvalue weighted by molar-refractivity contribution is 6.16. The van der Waals surface area contributed by atoms with Gasteiger partial charge in [-0.2, -0.15) is 0 Å². The number of anilines is 1. The van der Waals surface area contributed by atoms with Crippen molar-refractivity contribution in [1.82, 2.24) is 4.98 Å². The fourth-order valence-electron chi connectivity index (χ4n) is 3.43. The Balaban J connectivity index is 1.54. The standard InChI is InChI=1S/C19H21N3O2/c23-16-11-18(22-14-6-3-1-2-4-7-14)24-17(16)10-13-12-21-19-15(13)8-5-9-20-19/h5,8-12,14,22-23H,1-4,6-7H2/p+1.